The zero-order valence-electron chi connectivity index (χ0n) is 15.7. The molecule has 28 heavy (non-hydrogen) atoms. The van der Waals surface area contributed by atoms with Crippen LogP contribution in [0.1, 0.15) is 12.5 Å². The molecule has 1 amide bonds. The van der Waals surface area contributed by atoms with Crippen LogP contribution in [0.5, 0.6) is 5.75 Å². The fraction of sp³-hybridized carbons (Fsp3) is 0.278. The highest BCUT2D eigenvalue weighted by molar-refractivity contribution is 7.92. The number of hydrogen-bond acceptors (Lipinski definition) is 6. The number of nitrogens with zero attached hydrogens (tertiary/aromatic N) is 2. The molecule has 0 radical (unpaired) electrons. The number of anilines is 1. The summed E-state index contributed by atoms with van der Waals surface area (Å²) >= 11 is 0. The molecule has 0 aliphatic rings. The molecule has 0 aliphatic carbocycles. The Morgan fingerprint density at radius 1 is 1.25 bits per heavy atom. The van der Waals surface area contributed by atoms with Gasteiger partial charge in [-0.25, -0.2) is 8.42 Å². The molecule has 0 aromatic heterocycles. The van der Waals surface area contributed by atoms with Crippen molar-refractivity contribution in [2.24, 2.45) is 0 Å². The Kier molecular flexibility index (Phi) is 6.57. The lowest BCUT2D eigenvalue weighted by Crippen LogP contribution is -2.47. The average Bonchev–Trinajstić information content (AvgIpc) is 2.65. The van der Waals surface area contributed by atoms with Crippen molar-refractivity contribution in [3.63, 3.8) is 0 Å². The van der Waals surface area contributed by atoms with Crippen molar-refractivity contribution in [1.29, 1.82) is 0 Å². The summed E-state index contributed by atoms with van der Waals surface area (Å²) in [6.07, 6.45) is 0.944. The van der Waals surface area contributed by atoms with E-state index in [9.17, 15) is 23.3 Å². The van der Waals surface area contributed by atoms with Gasteiger partial charge in [-0.1, -0.05) is 18.2 Å². The number of non-ortho nitro benzene ring substituents is 1. The molecule has 0 aliphatic heterocycles. The van der Waals surface area contributed by atoms with Crippen molar-refractivity contribution >= 4 is 27.3 Å². The molecule has 0 saturated carbocycles. The first kappa shape index (κ1) is 21.2. The topological polar surface area (TPSA) is 119 Å². The summed E-state index contributed by atoms with van der Waals surface area (Å²) in [7, 11) is -2.32. The first-order chi connectivity index (χ1) is 13.1. The minimum absolute atomic E-state index is 0.0452. The third-order valence-electron chi connectivity index (χ3n) is 4.01. The Morgan fingerprint density at radius 3 is 2.43 bits per heavy atom. The minimum Gasteiger partial charge on any atom is -0.497 e. The quantitative estimate of drug-likeness (QED) is 0.529. The van der Waals surface area contributed by atoms with Crippen LogP contribution in [-0.4, -0.2) is 38.7 Å². The molecule has 2 aromatic rings. The van der Waals surface area contributed by atoms with Crippen LogP contribution in [-0.2, 0) is 21.4 Å². The van der Waals surface area contributed by atoms with Crippen LogP contribution in [0.25, 0.3) is 0 Å². The Morgan fingerprint density at radius 2 is 1.89 bits per heavy atom. The van der Waals surface area contributed by atoms with Crippen LogP contribution in [0, 0.1) is 10.1 Å². The van der Waals surface area contributed by atoms with E-state index in [1.54, 1.807) is 31.4 Å². The number of benzene rings is 2. The van der Waals surface area contributed by atoms with Gasteiger partial charge in [0.2, 0.25) is 15.9 Å². The summed E-state index contributed by atoms with van der Waals surface area (Å²) in [6.45, 7) is 1.61. The van der Waals surface area contributed by atoms with Crippen LogP contribution in [0.3, 0.4) is 0 Å². The van der Waals surface area contributed by atoms with Crippen LogP contribution in [0.15, 0.2) is 48.5 Å². The van der Waals surface area contributed by atoms with Gasteiger partial charge in [-0.15, -0.1) is 0 Å². The number of hydrogen-bond donors (Lipinski definition) is 1. The number of sulfonamides is 1. The zero-order chi connectivity index (χ0) is 20.9. The number of rotatable bonds is 8. The average molecular weight is 407 g/mol. The number of ether oxygens (including phenoxy) is 1. The van der Waals surface area contributed by atoms with Gasteiger partial charge in [0.15, 0.2) is 0 Å². The maximum absolute atomic E-state index is 12.5. The van der Waals surface area contributed by atoms with Crippen LogP contribution in [0.2, 0.25) is 0 Å². The summed E-state index contributed by atoms with van der Waals surface area (Å²) in [5.41, 5.74) is 0.586. The highest BCUT2D eigenvalue weighted by Crippen LogP contribution is 2.25. The van der Waals surface area contributed by atoms with Crippen molar-refractivity contribution in [2.75, 3.05) is 17.7 Å². The van der Waals surface area contributed by atoms with E-state index >= 15 is 0 Å². The van der Waals surface area contributed by atoms with E-state index in [1.807, 2.05) is 0 Å². The van der Waals surface area contributed by atoms with Gasteiger partial charge in [0.25, 0.3) is 5.69 Å². The summed E-state index contributed by atoms with van der Waals surface area (Å²) in [5.74, 6) is 0.144. The van der Waals surface area contributed by atoms with E-state index in [0.29, 0.717) is 5.75 Å². The van der Waals surface area contributed by atoms with Gasteiger partial charge in [-0.3, -0.25) is 19.2 Å². The molecule has 0 saturated heterocycles. The fourth-order valence-electron chi connectivity index (χ4n) is 2.63. The van der Waals surface area contributed by atoms with Crippen LogP contribution in [0.4, 0.5) is 11.4 Å². The predicted molar refractivity (Wildman–Crippen MR) is 105 cm³/mol. The molecule has 0 unspecified atom stereocenters. The predicted octanol–water partition coefficient (Wildman–Crippen LogP) is 2.07. The number of nitro benzene ring substituents is 1. The monoisotopic (exact) mass is 407 g/mol. The summed E-state index contributed by atoms with van der Waals surface area (Å²) in [5, 5.41) is 13.7. The molecule has 0 spiro atoms. The third kappa shape index (κ3) is 5.19. The minimum atomic E-state index is -3.86. The molecule has 2 rings (SSSR count). The smallest absolute Gasteiger partial charge is 0.271 e. The number of methoxy groups -OCH3 is 1. The lowest BCUT2D eigenvalue weighted by molar-refractivity contribution is -0.384. The number of amides is 1. The fourth-order valence-corrected chi connectivity index (χ4v) is 3.80. The van der Waals surface area contributed by atoms with Crippen molar-refractivity contribution < 1.29 is 22.9 Å². The Hall–Kier alpha value is -3.14. The van der Waals surface area contributed by atoms with E-state index < -0.39 is 26.9 Å². The van der Waals surface area contributed by atoms with Crippen molar-refractivity contribution in [3.8, 4) is 5.75 Å². The number of carbonyl (C=O) groups excluding carboxylic acids is 1. The number of nitro groups is 1. The lowest BCUT2D eigenvalue weighted by Gasteiger charge is -2.28. The Balaban J connectivity index is 2.20. The second-order valence-electron chi connectivity index (χ2n) is 6.08. The van der Waals surface area contributed by atoms with Crippen molar-refractivity contribution in [3.05, 3.63) is 64.2 Å². The molecule has 10 heteroatoms. The molecule has 0 bridgehead atoms. The molecule has 9 nitrogen and oxygen atoms in total. The lowest BCUT2D eigenvalue weighted by atomic mass is 10.2. The normalized spacial score (nSPS) is 12.1. The second kappa shape index (κ2) is 8.70. The SMILES string of the molecule is COc1ccc(CNC(=O)[C@H](C)N(c2cccc([N+](=O)[O-])c2)S(C)(=O)=O)cc1. The highest BCUT2D eigenvalue weighted by atomic mass is 32.2. The first-order valence-electron chi connectivity index (χ1n) is 8.28. The van der Waals surface area contributed by atoms with E-state index in [0.717, 1.165) is 22.2 Å². The number of carbonyl (C=O) groups is 1. The van der Waals surface area contributed by atoms with E-state index in [4.69, 9.17) is 4.74 Å². The second-order valence-corrected chi connectivity index (χ2v) is 7.94. The molecule has 1 N–H and O–H groups in total. The van der Waals surface area contributed by atoms with E-state index in [1.165, 1.54) is 25.1 Å². The summed E-state index contributed by atoms with van der Waals surface area (Å²) < 4.78 is 30.5. The largest absolute Gasteiger partial charge is 0.497 e. The zero-order valence-corrected chi connectivity index (χ0v) is 16.5. The standard InChI is InChI=1S/C18H21N3O6S/c1-13(18(22)19-12-14-7-9-17(27-2)10-8-14)20(28(3,25)26)15-5-4-6-16(11-15)21(23)24/h4-11,13H,12H2,1-3H3,(H,19,22)/t13-/m0/s1. The van der Waals surface area contributed by atoms with Crippen LogP contribution >= 0.6 is 0 Å². The Labute approximate surface area is 163 Å². The van der Waals surface area contributed by atoms with Gasteiger partial charge in [-0.05, 0) is 30.7 Å². The first-order valence-corrected chi connectivity index (χ1v) is 10.1. The molecule has 1 atom stereocenters. The Bertz CT molecular complexity index is 960. The van der Waals surface area contributed by atoms with Crippen molar-refractivity contribution in [2.45, 2.75) is 19.5 Å². The molecular formula is C18H21N3O6S. The molecular weight excluding hydrogens is 386 g/mol. The molecule has 0 heterocycles. The molecule has 0 fully saturated rings. The van der Waals surface area contributed by atoms with Gasteiger partial charge in [0, 0.05) is 18.7 Å². The van der Waals surface area contributed by atoms with Gasteiger partial charge in [0.05, 0.1) is 24.0 Å². The van der Waals surface area contributed by atoms with Gasteiger partial charge >= 0.3 is 0 Å². The van der Waals surface area contributed by atoms with Crippen LogP contribution < -0.4 is 14.4 Å². The van der Waals surface area contributed by atoms with E-state index in [2.05, 4.69) is 5.32 Å². The number of nitrogens with one attached hydrogen (secondary N) is 1. The van der Waals surface area contributed by atoms with Gasteiger partial charge < -0.3 is 10.1 Å². The molecule has 2 aromatic carbocycles. The van der Waals surface area contributed by atoms with E-state index in [-0.39, 0.29) is 17.9 Å². The summed E-state index contributed by atoms with van der Waals surface area (Å²) in [6, 6.07) is 11.1. The molecule has 150 valence electrons. The van der Waals surface area contributed by atoms with Crippen molar-refractivity contribution in [1.82, 2.24) is 5.32 Å². The maximum atomic E-state index is 12.5. The maximum Gasteiger partial charge on any atom is 0.271 e. The highest BCUT2D eigenvalue weighted by Gasteiger charge is 2.29. The summed E-state index contributed by atoms with van der Waals surface area (Å²) in [4.78, 5) is 22.9. The van der Waals surface area contributed by atoms with Gasteiger partial charge in [0.1, 0.15) is 11.8 Å². The van der Waals surface area contributed by atoms with Gasteiger partial charge in [-0.2, -0.15) is 0 Å². The third-order valence-corrected chi connectivity index (χ3v) is 5.25.